The van der Waals surface area contributed by atoms with Gasteiger partial charge in [-0.25, -0.2) is 5.43 Å². The number of rotatable bonds is 5. The molecule has 0 fully saturated rings. The molecule has 0 heterocycles. The Morgan fingerprint density at radius 2 is 1.75 bits per heavy atom. The third-order valence-electron chi connectivity index (χ3n) is 3.05. The fourth-order valence-electron chi connectivity index (χ4n) is 1.85. The number of benzene rings is 2. The lowest BCUT2D eigenvalue weighted by Gasteiger charge is -2.07. The van der Waals surface area contributed by atoms with Crippen molar-refractivity contribution in [2.75, 3.05) is 19.5 Å². The number of anilines is 1. The van der Waals surface area contributed by atoms with Gasteiger partial charge >= 0.3 is 11.8 Å². The van der Waals surface area contributed by atoms with Crippen LogP contribution in [-0.4, -0.2) is 32.2 Å². The van der Waals surface area contributed by atoms with Gasteiger partial charge < -0.3 is 14.8 Å². The van der Waals surface area contributed by atoms with Gasteiger partial charge in [-0.1, -0.05) is 18.2 Å². The van der Waals surface area contributed by atoms with E-state index in [2.05, 4.69) is 15.8 Å². The minimum absolute atomic E-state index is 0.526. The fraction of sp³-hybridized carbons (Fsp3) is 0.118. The number of carbonyl (C=O) groups excluding carboxylic acids is 2. The van der Waals surface area contributed by atoms with E-state index in [1.54, 1.807) is 49.6 Å². The van der Waals surface area contributed by atoms with Crippen LogP contribution < -0.4 is 20.2 Å². The third-order valence-corrected chi connectivity index (χ3v) is 3.05. The molecule has 24 heavy (non-hydrogen) atoms. The van der Waals surface area contributed by atoms with Gasteiger partial charge in [0.25, 0.3) is 0 Å². The first-order chi connectivity index (χ1) is 11.6. The van der Waals surface area contributed by atoms with Gasteiger partial charge in [-0.2, -0.15) is 5.10 Å². The molecule has 0 saturated carbocycles. The number of ether oxygens (including phenoxy) is 2. The Hall–Kier alpha value is -3.35. The van der Waals surface area contributed by atoms with E-state index in [0.29, 0.717) is 22.7 Å². The van der Waals surface area contributed by atoms with E-state index in [0.717, 1.165) is 0 Å². The van der Waals surface area contributed by atoms with Crippen molar-refractivity contribution in [2.24, 2.45) is 5.10 Å². The second-order valence-corrected chi connectivity index (χ2v) is 4.63. The van der Waals surface area contributed by atoms with Gasteiger partial charge in [0.1, 0.15) is 11.5 Å². The number of nitrogens with zero attached hydrogens (tertiary/aromatic N) is 1. The molecule has 0 aliphatic heterocycles. The van der Waals surface area contributed by atoms with E-state index in [1.807, 2.05) is 6.07 Å². The maximum absolute atomic E-state index is 11.7. The van der Waals surface area contributed by atoms with Crippen LogP contribution in [0.2, 0.25) is 0 Å². The van der Waals surface area contributed by atoms with Crippen molar-refractivity contribution < 1.29 is 19.1 Å². The van der Waals surface area contributed by atoms with Crippen molar-refractivity contribution in [3.05, 3.63) is 54.1 Å². The first-order valence-electron chi connectivity index (χ1n) is 7.05. The van der Waals surface area contributed by atoms with Crippen molar-refractivity contribution >= 4 is 23.7 Å². The minimum atomic E-state index is -0.873. The average molecular weight is 327 g/mol. The maximum Gasteiger partial charge on any atom is 0.329 e. The van der Waals surface area contributed by atoms with Gasteiger partial charge in [-0.05, 0) is 24.3 Å². The van der Waals surface area contributed by atoms with Gasteiger partial charge in [0.05, 0.1) is 20.4 Å². The predicted molar refractivity (Wildman–Crippen MR) is 90.4 cm³/mol. The molecule has 0 saturated heterocycles. The number of hydrogen-bond donors (Lipinski definition) is 2. The Bertz CT molecular complexity index is 745. The van der Waals surface area contributed by atoms with E-state index >= 15 is 0 Å². The Labute approximate surface area is 139 Å². The molecule has 0 aliphatic carbocycles. The van der Waals surface area contributed by atoms with Crippen LogP contribution in [0.3, 0.4) is 0 Å². The van der Waals surface area contributed by atoms with E-state index in [-0.39, 0.29) is 0 Å². The molecule has 0 aliphatic rings. The SMILES string of the molecule is COc1ccc(/C=N/NC(=O)C(=O)Nc2ccccc2)c(OC)c1. The Balaban J connectivity index is 1.96. The van der Waals surface area contributed by atoms with Crippen LogP contribution in [-0.2, 0) is 9.59 Å². The van der Waals surface area contributed by atoms with Crippen LogP contribution in [0, 0.1) is 0 Å². The standard InChI is InChI=1S/C17H17N3O4/c1-23-14-9-8-12(15(10-14)24-2)11-18-20-17(22)16(21)19-13-6-4-3-5-7-13/h3-11H,1-2H3,(H,19,21)(H,20,22)/b18-11+. The summed E-state index contributed by atoms with van der Waals surface area (Å²) in [5, 5.41) is 6.22. The van der Waals surface area contributed by atoms with Crippen LogP contribution >= 0.6 is 0 Å². The Kier molecular flexibility index (Phi) is 5.90. The van der Waals surface area contributed by atoms with Crippen LogP contribution in [0.25, 0.3) is 0 Å². The summed E-state index contributed by atoms with van der Waals surface area (Å²) in [5.41, 5.74) is 3.32. The molecule has 2 N–H and O–H groups in total. The van der Waals surface area contributed by atoms with Crippen molar-refractivity contribution in [3.8, 4) is 11.5 Å². The highest BCUT2D eigenvalue weighted by atomic mass is 16.5. The number of hydrogen-bond acceptors (Lipinski definition) is 5. The maximum atomic E-state index is 11.7. The van der Waals surface area contributed by atoms with Gasteiger partial charge in [0, 0.05) is 17.3 Å². The smallest absolute Gasteiger partial charge is 0.329 e. The summed E-state index contributed by atoms with van der Waals surface area (Å²) in [5.74, 6) is -0.515. The summed E-state index contributed by atoms with van der Waals surface area (Å²) in [6.07, 6.45) is 1.38. The molecule has 2 rings (SSSR count). The molecule has 0 spiro atoms. The van der Waals surface area contributed by atoms with E-state index < -0.39 is 11.8 Å². The second kappa shape index (κ2) is 8.33. The topological polar surface area (TPSA) is 89.0 Å². The molecular weight excluding hydrogens is 310 g/mol. The number of para-hydroxylation sites is 1. The van der Waals surface area contributed by atoms with Crippen LogP contribution in [0.1, 0.15) is 5.56 Å². The number of carbonyl (C=O) groups is 2. The number of amides is 2. The monoisotopic (exact) mass is 327 g/mol. The van der Waals surface area contributed by atoms with Crippen LogP contribution in [0.5, 0.6) is 11.5 Å². The number of hydrazone groups is 1. The number of nitrogens with one attached hydrogen (secondary N) is 2. The molecule has 2 aromatic rings. The van der Waals surface area contributed by atoms with Crippen molar-refractivity contribution in [1.82, 2.24) is 5.43 Å². The molecule has 7 heteroatoms. The van der Waals surface area contributed by atoms with Crippen molar-refractivity contribution in [3.63, 3.8) is 0 Å². The van der Waals surface area contributed by atoms with Crippen molar-refractivity contribution in [2.45, 2.75) is 0 Å². The molecule has 0 bridgehead atoms. The molecule has 2 amide bonds. The summed E-state index contributed by atoms with van der Waals surface area (Å²) in [4.78, 5) is 23.4. The highest BCUT2D eigenvalue weighted by molar-refractivity contribution is 6.39. The lowest BCUT2D eigenvalue weighted by atomic mass is 10.2. The zero-order valence-corrected chi connectivity index (χ0v) is 13.3. The summed E-state index contributed by atoms with van der Waals surface area (Å²) >= 11 is 0. The summed E-state index contributed by atoms with van der Waals surface area (Å²) in [7, 11) is 3.06. The lowest BCUT2D eigenvalue weighted by Crippen LogP contribution is -2.32. The second-order valence-electron chi connectivity index (χ2n) is 4.63. The normalized spacial score (nSPS) is 10.2. The van der Waals surface area contributed by atoms with Gasteiger partial charge in [0.15, 0.2) is 0 Å². The molecule has 2 aromatic carbocycles. The van der Waals surface area contributed by atoms with Gasteiger partial charge in [-0.3, -0.25) is 9.59 Å². The fourth-order valence-corrected chi connectivity index (χ4v) is 1.85. The zero-order chi connectivity index (χ0) is 17.4. The lowest BCUT2D eigenvalue weighted by molar-refractivity contribution is -0.136. The highest BCUT2D eigenvalue weighted by Crippen LogP contribution is 2.22. The molecule has 0 radical (unpaired) electrons. The molecular formula is C17H17N3O4. The molecule has 124 valence electrons. The molecule has 0 unspecified atom stereocenters. The minimum Gasteiger partial charge on any atom is -0.497 e. The largest absolute Gasteiger partial charge is 0.497 e. The van der Waals surface area contributed by atoms with E-state index in [1.165, 1.54) is 13.3 Å². The summed E-state index contributed by atoms with van der Waals surface area (Å²) in [6, 6.07) is 13.8. The van der Waals surface area contributed by atoms with Crippen LogP contribution in [0.4, 0.5) is 5.69 Å². The quantitative estimate of drug-likeness (QED) is 0.498. The molecule has 7 nitrogen and oxygen atoms in total. The predicted octanol–water partition coefficient (Wildman–Crippen LogP) is 1.79. The van der Waals surface area contributed by atoms with E-state index in [4.69, 9.17) is 9.47 Å². The average Bonchev–Trinajstić information content (AvgIpc) is 2.62. The first kappa shape index (κ1) is 17.0. The highest BCUT2D eigenvalue weighted by Gasteiger charge is 2.12. The number of methoxy groups -OCH3 is 2. The Morgan fingerprint density at radius 1 is 1.00 bits per heavy atom. The molecule has 0 atom stereocenters. The first-order valence-corrected chi connectivity index (χ1v) is 7.05. The van der Waals surface area contributed by atoms with Gasteiger partial charge in [-0.15, -0.1) is 0 Å². The van der Waals surface area contributed by atoms with Gasteiger partial charge in [0.2, 0.25) is 0 Å². The Morgan fingerprint density at radius 3 is 2.42 bits per heavy atom. The molecule has 0 aromatic heterocycles. The summed E-state index contributed by atoms with van der Waals surface area (Å²) in [6.45, 7) is 0. The zero-order valence-electron chi connectivity index (χ0n) is 13.3. The van der Waals surface area contributed by atoms with Crippen LogP contribution in [0.15, 0.2) is 53.6 Å². The van der Waals surface area contributed by atoms with Crippen molar-refractivity contribution in [1.29, 1.82) is 0 Å². The van der Waals surface area contributed by atoms with E-state index in [9.17, 15) is 9.59 Å². The third kappa shape index (κ3) is 4.57. The summed E-state index contributed by atoms with van der Waals surface area (Å²) < 4.78 is 10.3.